The maximum absolute atomic E-state index is 12.5. The molecule has 0 radical (unpaired) electrons. The lowest BCUT2D eigenvalue weighted by molar-refractivity contribution is -0.146. The molecule has 1 aliphatic heterocycles. The molecule has 2 atom stereocenters. The Labute approximate surface area is 145 Å². The van der Waals surface area contributed by atoms with E-state index >= 15 is 0 Å². The molecule has 7 heteroatoms. The number of hydrogen-bond acceptors (Lipinski definition) is 5. The summed E-state index contributed by atoms with van der Waals surface area (Å²) < 4.78 is 4.12. The summed E-state index contributed by atoms with van der Waals surface area (Å²) in [4.78, 5) is 35.5. The highest BCUT2D eigenvalue weighted by atomic mass is 32.2. The van der Waals surface area contributed by atoms with Crippen molar-refractivity contribution in [3.05, 3.63) is 35.9 Å². The van der Waals surface area contributed by atoms with E-state index in [-0.39, 0.29) is 12.3 Å². The van der Waals surface area contributed by atoms with E-state index in [0.29, 0.717) is 0 Å². The number of amides is 2. The summed E-state index contributed by atoms with van der Waals surface area (Å²) >= 11 is 1.24. The highest BCUT2D eigenvalue weighted by molar-refractivity contribution is 8.02. The van der Waals surface area contributed by atoms with Gasteiger partial charge in [0.25, 0.3) is 5.91 Å². The molecule has 130 valence electrons. The molecule has 1 aromatic carbocycles. The first kappa shape index (κ1) is 18.3. The van der Waals surface area contributed by atoms with E-state index in [2.05, 4.69) is 10.6 Å². The third kappa shape index (κ3) is 3.90. The van der Waals surface area contributed by atoms with Gasteiger partial charge in [0, 0.05) is 4.75 Å². The predicted molar refractivity (Wildman–Crippen MR) is 92.3 cm³/mol. The summed E-state index contributed by atoms with van der Waals surface area (Å²) in [5.74, 6) is -1.17. The van der Waals surface area contributed by atoms with Gasteiger partial charge < -0.3 is 15.4 Å². The van der Waals surface area contributed by atoms with E-state index in [1.54, 1.807) is 6.92 Å². The van der Waals surface area contributed by atoms with Crippen LogP contribution in [0, 0.1) is 0 Å². The van der Waals surface area contributed by atoms with Crippen LogP contribution >= 0.6 is 11.8 Å². The predicted octanol–water partition coefficient (Wildman–Crippen LogP) is 1.24. The Hall–Kier alpha value is -2.02. The fourth-order valence-corrected chi connectivity index (χ4v) is 4.35. The van der Waals surface area contributed by atoms with Crippen LogP contribution in [0.2, 0.25) is 0 Å². The van der Waals surface area contributed by atoms with Crippen molar-refractivity contribution in [3.63, 3.8) is 0 Å². The van der Waals surface area contributed by atoms with Crippen molar-refractivity contribution in [2.75, 3.05) is 7.11 Å². The molecule has 2 N–H and O–H groups in total. The minimum Gasteiger partial charge on any atom is -0.467 e. The number of rotatable bonds is 4. The lowest BCUT2D eigenvalue weighted by Gasteiger charge is -2.45. The summed E-state index contributed by atoms with van der Waals surface area (Å²) in [6, 6.07) is 8.54. The van der Waals surface area contributed by atoms with Gasteiger partial charge in [-0.05, 0) is 26.3 Å². The molecule has 24 heavy (non-hydrogen) atoms. The van der Waals surface area contributed by atoms with Crippen LogP contribution in [-0.2, 0) is 25.5 Å². The SMILES string of the molecule is COC(=O)C1NC(=O)C(C)(NC(=O)Cc2ccccc2)SC1(C)C. The fraction of sp³-hybridized carbons (Fsp3) is 0.471. The van der Waals surface area contributed by atoms with E-state index < -0.39 is 27.5 Å². The second-order valence-corrected chi connectivity index (χ2v) is 8.45. The first-order chi connectivity index (χ1) is 11.2. The fourth-order valence-electron chi connectivity index (χ4n) is 2.71. The van der Waals surface area contributed by atoms with Gasteiger partial charge in [-0.1, -0.05) is 30.3 Å². The van der Waals surface area contributed by atoms with Crippen LogP contribution in [0.25, 0.3) is 0 Å². The van der Waals surface area contributed by atoms with Crippen LogP contribution in [-0.4, -0.2) is 40.6 Å². The molecule has 0 aromatic heterocycles. The standard InChI is InChI=1S/C17H22N2O4S/c1-16(2)13(14(21)23-4)18-15(22)17(3,24-16)19-12(20)10-11-8-6-5-7-9-11/h5-9,13H,10H2,1-4H3,(H,18,22)(H,19,20). The number of hydrogen-bond donors (Lipinski definition) is 2. The van der Waals surface area contributed by atoms with Crippen molar-refractivity contribution < 1.29 is 19.1 Å². The molecule has 2 unspecified atom stereocenters. The average molecular weight is 350 g/mol. The van der Waals surface area contributed by atoms with Gasteiger partial charge in [0.1, 0.15) is 6.04 Å². The summed E-state index contributed by atoms with van der Waals surface area (Å²) in [6.07, 6.45) is 0.186. The number of ether oxygens (including phenoxy) is 1. The zero-order valence-electron chi connectivity index (χ0n) is 14.2. The van der Waals surface area contributed by atoms with Gasteiger partial charge in [-0.25, -0.2) is 4.79 Å². The van der Waals surface area contributed by atoms with Crippen LogP contribution in [0.15, 0.2) is 30.3 Å². The van der Waals surface area contributed by atoms with Crippen LogP contribution < -0.4 is 10.6 Å². The van der Waals surface area contributed by atoms with Crippen LogP contribution in [0.1, 0.15) is 26.3 Å². The molecule has 1 aromatic rings. The molecule has 1 heterocycles. The van der Waals surface area contributed by atoms with Gasteiger partial charge in [-0.3, -0.25) is 9.59 Å². The number of carbonyl (C=O) groups is 3. The molecule has 0 spiro atoms. The average Bonchev–Trinajstić information content (AvgIpc) is 2.50. The number of carbonyl (C=O) groups excluding carboxylic acids is 3. The quantitative estimate of drug-likeness (QED) is 0.798. The van der Waals surface area contributed by atoms with Crippen molar-refractivity contribution in [2.45, 2.75) is 42.9 Å². The first-order valence-corrected chi connectivity index (χ1v) is 8.43. The van der Waals surface area contributed by atoms with Crippen molar-refractivity contribution in [1.82, 2.24) is 10.6 Å². The molecule has 2 rings (SSSR count). The molecule has 1 fully saturated rings. The molecule has 1 saturated heterocycles. The van der Waals surface area contributed by atoms with Gasteiger partial charge in [0.05, 0.1) is 13.5 Å². The molecule has 2 amide bonds. The van der Waals surface area contributed by atoms with Gasteiger partial charge >= 0.3 is 5.97 Å². The van der Waals surface area contributed by atoms with E-state index in [1.807, 2.05) is 44.2 Å². The van der Waals surface area contributed by atoms with Gasteiger partial charge in [0.15, 0.2) is 4.87 Å². The highest BCUT2D eigenvalue weighted by Gasteiger charge is 2.52. The number of nitrogens with one attached hydrogen (secondary N) is 2. The third-order valence-electron chi connectivity index (χ3n) is 3.89. The van der Waals surface area contributed by atoms with E-state index in [0.717, 1.165) is 5.56 Å². The van der Waals surface area contributed by atoms with E-state index in [4.69, 9.17) is 4.74 Å². The van der Waals surface area contributed by atoms with Crippen molar-refractivity contribution >= 4 is 29.5 Å². The maximum atomic E-state index is 12.5. The second-order valence-electron chi connectivity index (χ2n) is 6.38. The topological polar surface area (TPSA) is 84.5 Å². The van der Waals surface area contributed by atoms with E-state index in [9.17, 15) is 14.4 Å². The Morgan fingerprint density at radius 2 is 1.88 bits per heavy atom. The summed E-state index contributed by atoms with van der Waals surface area (Å²) in [7, 11) is 1.28. The number of esters is 1. The second kappa shape index (κ2) is 6.84. The Balaban J connectivity index is 2.10. The Kier molecular flexibility index (Phi) is 5.22. The van der Waals surface area contributed by atoms with Crippen molar-refractivity contribution in [1.29, 1.82) is 0 Å². The minimum atomic E-state index is -1.15. The zero-order chi connectivity index (χ0) is 18.0. The lowest BCUT2D eigenvalue weighted by Crippen LogP contribution is -2.68. The number of thioether (sulfide) groups is 1. The Morgan fingerprint density at radius 3 is 2.46 bits per heavy atom. The van der Waals surface area contributed by atoms with E-state index in [1.165, 1.54) is 18.9 Å². The molecule has 6 nitrogen and oxygen atoms in total. The smallest absolute Gasteiger partial charge is 0.329 e. The molecule has 0 bridgehead atoms. The largest absolute Gasteiger partial charge is 0.467 e. The third-order valence-corrected chi connectivity index (χ3v) is 5.35. The highest BCUT2D eigenvalue weighted by Crippen LogP contribution is 2.41. The number of methoxy groups -OCH3 is 1. The monoisotopic (exact) mass is 350 g/mol. The van der Waals surface area contributed by atoms with Crippen LogP contribution in [0.4, 0.5) is 0 Å². The van der Waals surface area contributed by atoms with Gasteiger partial charge in [-0.15, -0.1) is 11.8 Å². The molecule has 0 aliphatic carbocycles. The zero-order valence-corrected chi connectivity index (χ0v) is 15.0. The Bertz CT molecular complexity index is 647. The molecule has 0 saturated carbocycles. The molecule has 1 aliphatic rings. The normalized spacial score (nSPS) is 25.5. The van der Waals surface area contributed by atoms with Crippen molar-refractivity contribution in [2.24, 2.45) is 0 Å². The summed E-state index contributed by atoms with van der Waals surface area (Å²) in [5, 5.41) is 5.45. The maximum Gasteiger partial charge on any atom is 0.329 e. The summed E-state index contributed by atoms with van der Waals surface area (Å²) in [5.41, 5.74) is 0.867. The van der Waals surface area contributed by atoms with Gasteiger partial charge in [-0.2, -0.15) is 0 Å². The Morgan fingerprint density at radius 1 is 1.25 bits per heavy atom. The number of benzene rings is 1. The van der Waals surface area contributed by atoms with Crippen molar-refractivity contribution in [3.8, 4) is 0 Å². The van der Waals surface area contributed by atoms with Crippen LogP contribution in [0.3, 0.4) is 0 Å². The molecular weight excluding hydrogens is 328 g/mol. The van der Waals surface area contributed by atoms with Crippen LogP contribution in [0.5, 0.6) is 0 Å². The lowest BCUT2D eigenvalue weighted by atomic mass is 10.0. The molecular formula is C17H22N2O4S. The summed E-state index contributed by atoms with van der Waals surface area (Å²) in [6.45, 7) is 5.31. The minimum absolute atomic E-state index is 0.186. The van der Waals surface area contributed by atoms with Gasteiger partial charge in [0.2, 0.25) is 5.91 Å². The first-order valence-electron chi connectivity index (χ1n) is 7.62.